The van der Waals surface area contributed by atoms with E-state index in [2.05, 4.69) is 23.8 Å². The second kappa shape index (κ2) is 5.60. The molecular formula is C11H17FN2. The minimum atomic E-state index is -0.446. The van der Waals surface area contributed by atoms with Gasteiger partial charge >= 0.3 is 0 Å². The summed E-state index contributed by atoms with van der Waals surface area (Å²) in [5, 5.41) is 6.52. The molecule has 1 aliphatic rings. The second-order valence-electron chi connectivity index (χ2n) is 3.47. The number of nitrogens with one attached hydrogen (secondary N) is 2. The first-order valence-corrected chi connectivity index (χ1v) is 4.87. The van der Waals surface area contributed by atoms with Crippen molar-refractivity contribution in [3.8, 4) is 0 Å². The Hall–Kier alpha value is -1.09. The van der Waals surface area contributed by atoms with Gasteiger partial charge in [-0.15, -0.1) is 0 Å². The summed E-state index contributed by atoms with van der Waals surface area (Å²) in [7, 11) is 0. The van der Waals surface area contributed by atoms with Crippen molar-refractivity contribution in [3.05, 3.63) is 36.8 Å². The van der Waals surface area contributed by atoms with Crippen molar-refractivity contribution in [1.29, 1.82) is 0 Å². The van der Waals surface area contributed by atoms with E-state index in [1.165, 1.54) is 6.08 Å². The van der Waals surface area contributed by atoms with Gasteiger partial charge in [-0.3, -0.25) is 0 Å². The fourth-order valence-corrected chi connectivity index (χ4v) is 1.47. The van der Waals surface area contributed by atoms with Gasteiger partial charge in [0.05, 0.1) is 0 Å². The molecule has 0 aliphatic carbocycles. The van der Waals surface area contributed by atoms with E-state index in [1.54, 1.807) is 6.08 Å². The van der Waals surface area contributed by atoms with Crippen LogP contribution < -0.4 is 10.6 Å². The lowest BCUT2D eigenvalue weighted by Crippen LogP contribution is -2.39. The van der Waals surface area contributed by atoms with Gasteiger partial charge in [0, 0.05) is 11.7 Å². The Morgan fingerprint density at radius 2 is 1.93 bits per heavy atom. The van der Waals surface area contributed by atoms with Gasteiger partial charge in [-0.25, -0.2) is 4.39 Å². The minimum Gasteiger partial charge on any atom is -0.383 e. The first-order chi connectivity index (χ1) is 6.68. The maximum absolute atomic E-state index is 12.3. The number of allylic oxidation sites excluding steroid dienone is 3. The average molecular weight is 196 g/mol. The van der Waals surface area contributed by atoms with Crippen LogP contribution in [0.4, 0.5) is 4.39 Å². The molecule has 2 nitrogen and oxygen atoms in total. The predicted molar refractivity (Wildman–Crippen MR) is 57.6 cm³/mol. The molecule has 0 amide bonds. The van der Waals surface area contributed by atoms with Crippen LogP contribution in [0.25, 0.3) is 0 Å². The SMILES string of the molecule is C=C(F)/C=C\C(=C)NC1CCNCC1. The molecular weight excluding hydrogens is 179 g/mol. The highest BCUT2D eigenvalue weighted by Gasteiger charge is 2.11. The number of hydrogen-bond acceptors (Lipinski definition) is 2. The summed E-state index contributed by atoms with van der Waals surface area (Å²) in [5.74, 6) is -0.446. The fraction of sp³-hybridized carbons (Fsp3) is 0.455. The van der Waals surface area contributed by atoms with Crippen LogP contribution in [0.3, 0.4) is 0 Å². The molecule has 14 heavy (non-hydrogen) atoms. The van der Waals surface area contributed by atoms with E-state index in [0.29, 0.717) is 6.04 Å². The van der Waals surface area contributed by atoms with Crippen molar-refractivity contribution >= 4 is 0 Å². The topological polar surface area (TPSA) is 24.1 Å². The molecule has 78 valence electrons. The number of piperidine rings is 1. The molecule has 0 spiro atoms. The monoisotopic (exact) mass is 196 g/mol. The molecule has 0 bridgehead atoms. The van der Waals surface area contributed by atoms with Gasteiger partial charge in [0.2, 0.25) is 0 Å². The molecule has 0 aromatic rings. The Kier molecular flexibility index (Phi) is 4.40. The standard InChI is InChI=1S/C11H17FN2/c1-9(12)3-4-10(2)14-11-5-7-13-8-6-11/h3-4,11,13-14H,1-2,5-8H2/b4-3-. The predicted octanol–water partition coefficient (Wildman–Crippen LogP) is 1.88. The van der Waals surface area contributed by atoms with E-state index in [1.807, 2.05) is 0 Å². The Labute approximate surface area is 84.6 Å². The van der Waals surface area contributed by atoms with Crippen LogP contribution in [0.1, 0.15) is 12.8 Å². The third-order valence-corrected chi connectivity index (χ3v) is 2.19. The highest BCUT2D eigenvalue weighted by atomic mass is 19.1. The lowest BCUT2D eigenvalue weighted by atomic mass is 10.1. The molecule has 1 rings (SSSR count). The summed E-state index contributed by atoms with van der Waals surface area (Å²) in [6, 6.07) is 0.460. The molecule has 1 heterocycles. The van der Waals surface area contributed by atoms with Crippen LogP contribution in [0, 0.1) is 0 Å². The second-order valence-corrected chi connectivity index (χ2v) is 3.47. The van der Waals surface area contributed by atoms with Crippen molar-refractivity contribution in [2.24, 2.45) is 0 Å². The Bertz CT molecular complexity index is 240. The van der Waals surface area contributed by atoms with Crippen molar-refractivity contribution < 1.29 is 4.39 Å². The number of rotatable bonds is 4. The average Bonchev–Trinajstić information content (AvgIpc) is 2.16. The van der Waals surface area contributed by atoms with E-state index in [4.69, 9.17) is 0 Å². The Balaban J connectivity index is 2.28. The lowest BCUT2D eigenvalue weighted by Gasteiger charge is -2.24. The molecule has 1 aliphatic heterocycles. The zero-order chi connectivity index (χ0) is 10.4. The van der Waals surface area contributed by atoms with Crippen molar-refractivity contribution in [2.75, 3.05) is 13.1 Å². The van der Waals surface area contributed by atoms with Crippen LogP contribution in [-0.4, -0.2) is 19.1 Å². The largest absolute Gasteiger partial charge is 0.383 e. The maximum Gasteiger partial charge on any atom is 0.116 e. The highest BCUT2D eigenvalue weighted by molar-refractivity contribution is 5.20. The minimum absolute atomic E-state index is 0.446. The van der Waals surface area contributed by atoms with Gasteiger partial charge < -0.3 is 10.6 Å². The quantitative estimate of drug-likeness (QED) is 0.671. The van der Waals surface area contributed by atoms with Crippen LogP contribution >= 0.6 is 0 Å². The van der Waals surface area contributed by atoms with Gasteiger partial charge in [0.15, 0.2) is 0 Å². The Morgan fingerprint density at radius 1 is 1.29 bits per heavy atom. The molecule has 3 heteroatoms. The van der Waals surface area contributed by atoms with E-state index >= 15 is 0 Å². The summed E-state index contributed by atoms with van der Waals surface area (Å²) in [6.45, 7) is 9.00. The lowest BCUT2D eigenvalue weighted by molar-refractivity contribution is 0.415. The molecule has 0 unspecified atom stereocenters. The van der Waals surface area contributed by atoms with E-state index in [0.717, 1.165) is 31.6 Å². The molecule has 0 radical (unpaired) electrons. The normalized spacial score (nSPS) is 18.4. The molecule has 0 saturated carbocycles. The van der Waals surface area contributed by atoms with Crippen molar-refractivity contribution in [3.63, 3.8) is 0 Å². The van der Waals surface area contributed by atoms with Gasteiger partial charge in [-0.2, -0.15) is 0 Å². The molecule has 0 aromatic heterocycles. The van der Waals surface area contributed by atoms with Crippen LogP contribution in [0.5, 0.6) is 0 Å². The van der Waals surface area contributed by atoms with Crippen molar-refractivity contribution in [1.82, 2.24) is 10.6 Å². The van der Waals surface area contributed by atoms with Gasteiger partial charge in [0.25, 0.3) is 0 Å². The summed E-state index contributed by atoms with van der Waals surface area (Å²) < 4.78 is 12.3. The summed E-state index contributed by atoms with van der Waals surface area (Å²) in [4.78, 5) is 0. The third kappa shape index (κ3) is 4.23. The number of halogens is 1. The summed E-state index contributed by atoms with van der Waals surface area (Å²) in [5.41, 5.74) is 0.746. The maximum atomic E-state index is 12.3. The zero-order valence-corrected chi connectivity index (χ0v) is 8.35. The van der Waals surface area contributed by atoms with Crippen LogP contribution in [0.2, 0.25) is 0 Å². The smallest absolute Gasteiger partial charge is 0.116 e. The molecule has 2 N–H and O–H groups in total. The number of hydrogen-bond donors (Lipinski definition) is 2. The molecule has 0 aromatic carbocycles. The molecule has 1 saturated heterocycles. The zero-order valence-electron chi connectivity index (χ0n) is 8.35. The Morgan fingerprint density at radius 3 is 2.50 bits per heavy atom. The van der Waals surface area contributed by atoms with E-state index < -0.39 is 5.83 Å². The van der Waals surface area contributed by atoms with E-state index in [9.17, 15) is 4.39 Å². The van der Waals surface area contributed by atoms with E-state index in [-0.39, 0.29) is 0 Å². The van der Waals surface area contributed by atoms with Crippen LogP contribution in [0.15, 0.2) is 36.8 Å². The summed E-state index contributed by atoms with van der Waals surface area (Å²) in [6.07, 6.45) is 5.10. The van der Waals surface area contributed by atoms with Gasteiger partial charge in [-0.1, -0.05) is 13.2 Å². The highest BCUT2D eigenvalue weighted by Crippen LogP contribution is 2.05. The fourth-order valence-electron chi connectivity index (χ4n) is 1.47. The first-order valence-electron chi connectivity index (χ1n) is 4.87. The molecule has 0 atom stereocenters. The third-order valence-electron chi connectivity index (χ3n) is 2.19. The van der Waals surface area contributed by atoms with Crippen LogP contribution in [-0.2, 0) is 0 Å². The summed E-state index contributed by atoms with van der Waals surface area (Å²) >= 11 is 0. The van der Waals surface area contributed by atoms with Gasteiger partial charge in [0.1, 0.15) is 5.83 Å². The first kappa shape index (κ1) is 11.0. The van der Waals surface area contributed by atoms with Gasteiger partial charge in [-0.05, 0) is 38.1 Å². The van der Waals surface area contributed by atoms with Crippen molar-refractivity contribution in [2.45, 2.75) is 18.9 Å². The molecule has 1 fully saturated rings.